The molecule has 2 aromatic carbocycles. The van der Waals surface area contributed by atoms with Gasteiger partial charge in [-0.25, -0.2) is 0 Å². The number of aryl methyl sites for hydroxylation is 2. The van der Waals surface area contributed by atoms with Crippen molar-refractivity contribution in [3.05, 3.63) is 66.2 Å². The van der Waals surface area contributed by atoms with Gasteiger partial charge in [-0.05, 0) is 36.6 Å². The van der Waals surface area contributed by atoms with Gasteiger partial charge >= 0.3 is 0 Å². The number of hydrogen-bond donors (Lipinski definition) is 2. The Morgan fingerprint density at radius 2 is 2.04 bits per heavy atom. The van der Waals surface area contributed by atoms with Gasteiger partial charge in [-0.2, -0.15) is 0 Å². The van der Waals surface area contributed by atoms with Crippen LogP contribution in [0, 0.1) is 6.92 Å². The maximum atomic E-state index is 12.2. The molecule has 0 aliphatic rings. The smallest absolute Gasteiger partial charge is 0.243 e. The second kappa shape index (κ2) is 8.77. The molecule has 4 heteroatoms. The lowest BCUT2D eigenvalue weighted by atomic mass is 10.1. The first-order valence-corrected chi connectivity index (χ1v) is 8.10. The zero-order valence-electron chi connectivity index (χ0n) is 14.3. The minimum atomic E-state index is -0.0728. The van der Waals surface area contributed by atoms with Crippen molar-refractivity contribution in [1.82, 2.24) is 0 Å². The summed E-state index contributed by atoms with van der Waals surface area (Å²) in [5, 5.41) is 6.12. The quantitative estimate of drug-likeness (QED) is 0.716. The maximum absolute atomic E-state index is 12.2. The number of carbonyl (C=O) groups is 1. The van der Waals surface area contributed by atoms with Gasteiger partial charge in [0.1, 0.15) is 12.4 Å². The van der Waals surface area contributed by atoms with Crippen molar-refractivity contribution < 1.29 is 9.53 Å². The van der Waals surface area contributed by atoms with E-state index in [1.54, 1.807) is 6.08 Å². The molecule has 0 fully saturated rings. The molecule has 0 saturated heterocycles. The molecular weight excluding hydrogens is 300 g/mol. The molecule has 2 aromatic rings. The summed E-state index contributed by atoms with van der Waals surface area (Å²) in [6, 6.07) is 13.6. The largest absolute Gasteiger partial charge is 0.489 e. The van der Waals surface area contributed by atoms with E-state index in [2.05, 4.69) is 24.1 Å². The number of hydrogen-bond acceptors (Lipinski definition) is 3. The molecular formula is C20H24N2O2. The molecule has 0 aliphatic heterocycles. The average molecular weight is 324 g/mol. The Hall–Kier alpha value is -2.75. The number of amides is 1. The second-order valence-corrected chi connectivity index (χ2v) is 5.49. The molecule has 0 radical (unpaired) electrons. The molecule has 2 rings (SSSR count). The van der Waals surface area contributed by atoms with E-state index in [-0.39, 0.29) is 12.5 Å². The highest BCUT2D eigenvalue weighted by Crippen LogP contribution is 2.21. The summed E-state index contributed by atoms with van der Waals surface area (Å²) in [7, 11) is 0. The fourth-order valence-corrected chi connectivity index (χ4v) is 2.42. The molecule has 0 heterocycles. The summed E-state index contributed by atoms with van der Waals surface area (Å²) in [4.78, 5) is 12.2. The van der Waals surface area contributed by atoms with Crippen molar-refractivity contribution in [2.75, 3.05) is 23.8 Å². The monoisotopic (exact) mass is 324 g/mol. The summed E-state index contributed by atoms with van der Waals surface area (Å²) in [6.07, 6.45) is 2.58. The Morgan fingerprint density at radius 3 is 2.79 bits per heavy atom. The van der Waals surface area contributed by atoms with Gasteiger partial charge in [0, 0.05) is 17.4 Å². The van der Waals surface area contributed by atoms with Crippen molar-refractivity contribution in [3.63, 3.8) is 0 Å². The lowest BCUT2D eigenvalue weighted by Gasteiger charge is -2.14. The zero-order valence-corrected chi connectivity index (χ0v) is 14.3. The Bertz CT molecular complexity index is 711. The third kappa shape index (κ3) is 4.88. The van der Waals surface area contributed by atoms with Crippen LogP contribution < -0.4 is 15.4 Å². The van der Waals surface area contributed by atoms with Crippen molar-refractivity contribution in [3.8, 4) is 5.75 Å². The lowest BCUT2D eigenvalue weighted by molar-refractivity contribution is -0.114. The number of carbonyl (C=O) groups excluding carboxylic acids is 1. The van der Waals surface area contributed by atoms with Gasteiger partial charge in [0.05, 0.1) is 6.54 Å². The van der Waals surface area contributed by atoms with Crippen LogP contribution in [0.4, 0.5) is 11.4 Å². The maximum Gasteiger partial charge on any atom is 0.243 e. The zero-order chi connectivity index (χ0) is 17.4. The molecule has 0 saturated carbocycles. The molecule has 24 heavy (non-hydrogen) atoms. The highest BCUT2D eigenvalue weighted by molar-refractivity contribution is 5.95. The Balaban J connectivity index is 1.95. The summed E-state index contributed by atoms with van der Waals surface area (Å²) in [5.41, 5.74) is 3.97. The van der Waals surface area contributed by atoms with Crippen LogP contribution in [0.3, 0.4) is 0 Å². The fraction of sp³-hybridized carbons (Fsp3) is 0.250. The van der Waals surface area contributed by atoms with Crippen LogP contribution in [0.15, 0.2) is 55.1 Å². The van der Waals surface area contributed by atoms with Crippen LogP contribution in [0.5, 0.6) is 5.75 Å². The van der Waals surface area contributed by atoms with Crippen LogP contribution in [-0.2, 0) is 11.2 Å². The number of para-hydroxylation sites is 1. The third-order valence-electron chi connectivity index (χ3n) is 3.66. The van der Waals surface area contributed by atoms with Crippen LogP contribution in [0.25, 0.3) is 0 Å². The van der Waals surface area contributed by atoms with Crippen LogP contribution in [-0.4, -0.2) is 19.1 Å². The molecule has 2 N–H and O–H groups in total. The van der Waals surface area contributed by atoms with Gasteiger partial charge < -0.3 is 15.4 Å². The lowest BCUT2D eigenvalue weighted by Crippen LogP contribution is -2.22. The third-order valence-corrected chi connectivity index (χ3v) is 3.66. The molecule has 4 nitrogen and oxygen atoms in total. The minimum absolute atomic E-state index is 0.0728. The summed E-state index contributed by atoms with van der Waals surface area (Å²) >= 11 is 0. The first-order valence-electron chi connectivity index (χ1n) is 8.10. The molecule has 0 atom stereocenters. The van der Waals surface area contributed by atoms with Crippen LogP contribution >= 0.6 is 0 Å². The predicted molar refractivity (Wildman–Crippen MR) is 99.8 cm³/mol. The van der Waals surface area contributed by atoms with E-state index in [1.807, 2.05) is 49.4 Å². The molecule has 0 aliphatic carbocycles. The van der Waals surface area contributed by atoms with E-state index >= 15 is 0 Å². The second-order valence-electron chi connectivity index (χ2n) is 5.49. The number of benzene rings is 2. The first kappa shape index (κ1) is 17.6. The average Bonchev–Trinajstić information content (AvgIpc) is 2.60. The minimum Gasteiger partial charge on any atom is -0.489 e. The topological polar surface area (TPSA) is 50.4 Å². The van der Waals surface area contributed by atoms with E-state index in [9.17, 15) is 4.79 Å². The Labute approximate surface area is 143 Å². The van der Waals surface area contributed by atoms with Gasteiger partial charge in [-0.1, -0.05) is 43.8 Å². The highest BCUT2D eigenvalue weighted by Gasteiger charge is 2.08. The normalized spacial score (nSPS) is 10.1. The number of nitrogens with one attached hydrogen (secondary N) is 2. The molecule has 0 unspecified atom stereocenters. The molecule has 1 amide bonds. The van der Waals surface area contributed by atoms with Gasteiger partial charge in [-0.3, -0.25) is 4.79 Å². The Morgan fingerprint density at radius 1 is 1.25 bits per heavy atom. The van der Waals surface area contributed by atoms with E-state index in [1.165, 1.54) is 0 Å². The van der Waals surface area contributed by atoms with Crippen molar-refractivity contribution in [2.45, 2.75) is 20.3 Å². The van der Waals surface area contributed by atoms with E-state index in [0.29, 0.717) is 6.61 Å². The van der Waals surface area contributed by atoms with Crippen molar-refractivity contribution in [1.29, 1.82) is 0 Å². The standard InChI is InChI=1S/C20H24N2O2/c1-4-12-24-18-11-7-10-17(13-18)21-14-19(23)22-20-15(3)8-6-9-16(20)5-2/h4,6-11,13,21H,1,5,12,14H2,2-3H3,(H,22,23). The van der Waals surface area contributed by atoms with E-state index in [4.69, 9.17) is 4.74 Å². The molecule has 0 bridgehead atoms. The van der Waals surface area contributed by atoms with Crippen molar-refractivity contribution >= 4 is 17.3 Å². The molecule has 0 spiro atoms. The van der Waals surface area contributed by atoms with Gasteiger partial charge in [0.25, 0.3) is 0 Å². The van der Waals surface area contributed by atoms with Gasteiger partial charge in [-0.15, -0.1) is 0 Å². The molecule has 126 valence electrons. The van der Waals surface area contributed by atoms with Crippen molar-refractivity contribution in [2.24, 2.45) is 0 Å². The summed E-state index contributed by atoms with van der Waals surface area (Å²) in [5.74, 6) is 0.670. The fourth-order valence-electron chi connectivity index (χ4n) is 2.42. The number of rotatable bonds is 8. The van der Waals surface area contributed by atoms with Gasteiger partial charge in [0.2, 0.25) is 5.91 Å². The number of anilines is 2. The van der Waals surface area contributed by atoms with E-state index in [0.717, 1.165) is 34.7 Å². The highest BCUT2D eigenvalue weighted by atomic mass is 16.5. The first-order chi connectivity index (χ1) is 11.6. The van der Waals surface area contributed by atoms with Gasteiger partial charge in [0.15, 0.2) is 0 Å². The summed E-state index contributed by atoms with van der Waals surface area (Å²) < 4.78 is 5.49. The number of ether oxygens (including phenoxy) is 1. The molecule has 0 aromatic heterocycles. The van der Waals surface area contributed by atoms with E-state index < -0.39 is 0 Å². The van der Waals surface area contributed by atoms with Crippen LogP contribution in [0.2, 0.25) is 0 Å². The SMILES string of the molecule is C=CCOc1cccc(NCC(=O)Nc2c(C)cccc2CC)c1. The van der Waals surface area contributed by atoms with Crippen LogP contribution in [0.1, 0.15) is 18.1 Å². The predicted octanol–water partition coefficient (Wildman–Crippen LogP) is 4.17. The Kier molecular flexibility index (Phi) is 6.43. The summed E-state index contributed by atoms with van der Waals surface area (Å²) in [6.45, 7) is 8.36.